The lowest BCUT2D eigenvalue weighted by atomic mass is 10.2. The van der Waals surface area contributed by atoms with Crippen molar-refractivity contribution < 1.29 is 19.0 Å². The smallest absolute Gasteiger partial charge is 0.319 e. The largest absolute Gasteiger partial charge is 0.480 e. The minimum absolute atomic E-state index is 0.287. The first kappa shape index (κ1) is 11.4. The van der Waals surface area contributed by atoms with Gasteiger partial charge in [0, 0.05) is 6.54 Å². The first-order valence-corrected chi connectivity index (χ1v) is 6.14. The average molecular weight is 244 g/mol. The van der Waals surface area contributed by atoms with E-state index in [1.54, 1.807) is 24.3 Å². The van der Waals surface area contributed by atoms with Crippen LogP contribution in [0.5, 0.6) is 0 Å². The van der Waals surface area contributed by atoms with Gasteiger partial charge in [-0.25, -0.2) is 5.01 Å². The van der Waals surface area contributed by atoms with Crippen molar-refractivity contribution in [3.05, 3.63) is 29.8 Å². The van der Waals surface area contributed by atoms with E-state index >= 15 is 0 Å². The number of nitrogens with one attached hydrogen (secondary N) is 1. The third kappa shape index (κ3) is 2.18. The quantitative estimate of drug-likeness (QED) is 0.623. The number of hydrogen-bond donors (Lipinski definition) is 4. The Bertz CT molecular complexity index is 424. The van der Waals surface area contributed by atoms with Gasteiger partial charge in [-0.05, 0) is 11.6 Å². The molecule has 1 aromatic carbocycles. The zero-order valence-corrected chi connectivity index (χ0v) is 9.15. The second-order valence-electron chi connectivity index (χ2n) is 3.50. The van der Waals surface area contributed by atoms with E-state index < -0.39 is 16.7 Å². The molecule has 88 valence electrons. The normalized spacial score (nSPS) is 21.1. The molecule has 16 heavy (non-hydrogen) atoms. The van der Waals surface area contributed by atoms with Crippen molar-refractivity contribution >= 4 is 16.7 Å². The number of benzene rings is 1. The van der Waals surface area contributed by atoms with E-state index in [-0.39, 0.29) is 6.54 Å². The Kier molecular flexibility index (Phi) is 2.87. The monoisotopic (exact) mass is 244 g/mol. The van der Waals surface area contributed by atoms with E-state index in [9.17, 15) is 13.9 Å². The van der Waals surface area contributed by atoms with Crippen LogP contribution in [0.2, 0.25) is 0 Å². The predicted octanol–water partition coefficient (Wildman–Crippen LogP) is 1.12. The molecule has 0 atom stereocenters. The molecule has 1 aliphatic rings. The van der Waals surface area contributed by atoms with Gasteiger partial charge in [0.2, 0.25) is 0 Å². The zero-order chi connectivity index (χ0) is 11.8. The lowest BCUT2D eigenvalue weighted by Crippen LogP contribution is -2.45. The summed E-state index contributed by atoms with van der Waals surface area (Å²) in [5.74, 6) is -1.03. The zero-order valence-electron chi connectivity index (χ0n) is 8.33. The minimum Gasteiger partial charge on any atom is -0.480 e. The van der Waals surface area contributed by atoms with Crippen molar-refractivity contribution in [1.29, 1.82) is 0 Å². The summed E-state index contributed by atoms with van der Waals surface area (Å²) in [7, 11) is -3.12. The summed E-state index contributed by atoms with van der Waals surface area (Å²) in [4.78, 5) is 13.4. The number of carboxylic acid groups (broad SMARTS) is 1. The van der Waals surface area contributed by atoms with Crippen LogP contribution in [-0.2, 0) is 11.3 Å². The predicted molar refractivity (Wildman–Crippen MR) is 58.7 cm³/mol. The van der Waals surface area contributed by atoms with Gasteiger partial charge in [-0.2, -0.15) is 0 Å². The topological polar surface area (TPSA) is 93.0 Å². The summed E-state index contributed by atoms with van der Waals surface area (Å²) in [5.41, 5.74) is 0.725. The second kappa shape index (κ2) is 4.04. The van der Waals surface area contributed by atoms with E-state index in [0.717, 1.165) is 5.56 Å². The van der Waals surface area contributed by atoms with Crippen molar-refractivity contribution in [2.75, 3.05) is 6.54 Å². The van der Waals surface area contributed by atoms with Crippen molar-refractivity contribution in [2.45, 2.75) is 11.4 Å². The Hall–Kier alpha value is -1.12. The molecule has 0 unspecified atom stereocenters. The molecule has 7 heteroatoms. The number of fused-ring (bicyclic) bond motifs is 1. The third-order valence-electron chi connectivity index (χ3n) is 2.22. The molecule has 0 bridgehead atoms. The Morgan fingerprint density at radius 1 is 1.44 bits per heavy atom. The van der Waals surface area contributed by atoms with Crippen LogP contribution in [0.4, 0.5) is 0 Å². The van der Waals surface area contributed by atoms with Gasteiger partial charge in [-0.3, -0.25) is 13.9 Å². The molecule has 0 fully saturated rings. The maximum absolute atomic E-state index is 10.6. The first-order chi connectivity index (χ1) is 7.49. The first-order valence-electron chi connectivity index (χ1n) is 4.59. The summed E-state index contributed by atoms with van der Waals surface area (Å²) in [6, 6.07) is 6.86. The highest BCUT2D eigenvalue weighted by molar-refractivity contribution is 8.22. The molecule has 0 saturated carbocycles. The Morgan fingerprint density at radius 3 is 2.81 bits per heavy atom. The molecule has 0 saturated heterocycles. The van der Waals surface area contributed by atoms with Crippen LogP contribution in [0, 0.1) is 0 Å². The second-order valence-corrected chi connectivity index (χ2v) is 5.22. The molecule has 4 N–H and O–H groups in total. The number of hydrogen-bond acceptors (Lipinski definition) is 5. The average Bonchev–Trinajstić information content (AvgIpc) is 2.15. The van der Waals surface area contributed by atoms with Gasteiger partial charge in [-0.1, -0.05) is 29.0 Å². The fourth-order valence-electron chi connectivity index (χ4n) is 1.63. The van der Waals surface area contributed by atoms with Gasteiger partial charge in [-0.15, -0.1) is 4.83 Å². The Balaban J connectivity index is 2.29. The van der Waals surface area contributed by atoms with Crippen LogP contribution in [-0.4, -0.2) is 31.7 Å². The van der Waals surface area contributed by atoms with Gasteiger partial charge < -0.3 is 5.11 Å². The van der Waals surface area contributed by atoms with E-state index in [1.807, 2.05) is 0 Å². The molecule has 0 spiro atoms. The number of aliphatic carboxylic acids is 1. The van der Waals surface area contributed by atoms with E-state index in [2.05, 4.69) is 4.83 Å². The van der Waals surface area contributed by atoms with Gasteiger partial charge >= 0.3 is 5.97 Å². The van der Waals surface area contributed by atoms with Crippen LogP contribution in [0.15, 0.2) is 29.2 Å². The van der Waals surface area contributed by atoms with Crippen LogP contribution in [0.3, 0.4) is 0 Å². The molecule has 1 heterocycles. The number of nitrogens with zero attached hydrogens (tertiary/aromatic N) is 1. The maximum atomic E-state index is 10.6. The molecule has 0 radical (unpaired) electrons. The van der Waals surface area contributed by atoms with Crippen LogP contribution in [0.1, 0.15) is 5.56 Å². The number of carboxylic acids is 1. The summed E-state index contributed by atoms with van der Waals surface area (Å²) >= 11 is 0. The Labute approximate surface area is 94.0 Å². The number of carbonyl (C=O) groups is 1. The fourth-order valence-corrected chi connectivity index (χ4v) is 2.98. The van der Waals surface area contributed by atoms with Gasteiger partial charge in [0.1, 0.15) is 6.54 Å². The van der Waals surface area contributed by atoms with E-state index in [1.165, 1.54) is 5.01 Å². The molecule has 2 rings (SSSR count). The van der Waals surface area contributed by atoms with Gasteiger partial charge in [0.15, 0.2) is 0 Å². The molecule has 1 aromatic rings. The number of rotatable bonds is 2. The lowest BCUT2D eigenvalue weighted by molar-refractivity contribution is -0.138. The minimum atomic E-state index is -3.12. The van der Waals surface area contributed by atoms with Crippen molar-refractivity contribution in [2.24, 2.45) is 0 Å². The summed E-state index contributed by atoms with van der Waals surface area (Å²) in [6.07, 6.45) is 0. The molecular formula is C9H12N2O4S. The highest BCUT2D eigenvalue weighted by atomic mass is 32.3. The highest BCUT2D eigenvalue weighted by Gasteiger charge is 2.28. The standard InChI is InChI=1S/C9H12N2O4S/c12-9(13)6-11-5-7-3-1-2-4-8(7)16(14,15)10-11/h1-4,10,14-15H,5-6H2,(H,12,13). The van der Waals surface area contributed by atoms with Crippen molar-refractivity contribution in [1.82, 2.24) is 9.84 Å². The summed E-state index contributed by atoms with van der Waals surface area (Å²) in [5, 5.41) is 9.93. The number of hydrazine groups is 1. The van der Waals surface area contributed by atoms with Crippen molar-refractivity contribution in [3.8, 4) is 0 Å². The molecule has 0 aliphatic carbocycles. The molecule has 0 aromatic heterocycles. The maximum Gasteiger partial charge on any atom is 0.319 e. The van der Waals surface area contributed by atoms with E-state index in [4.69, 9.17) is 5.11 Å². The van der Waals surface area contributed by atoms with Gasteiger partial charge in [0.05, 0.1) is 4.90 Å². The fraction of sp³-hybridized carbons (Fsp3) is 0.222. The molecule has 0 amide bonds. The summed E-state index contributed by atoms with van der Waals surface area (Å²) in [6.45, 7) is 0.0442. The molecular weight excluding hydrogens is 232 g/mol. The Morgan fingerprint density at radius 2 is 2.12 bits per heavy atom. The van der Waals surface area contributed by atoms with E-state index in [0.29, 0.717) is 11.4 Å². The SMILES string of the molecule is O=C(O)CN1Cc2ccccc2S(O)(O)N1. The van der Waals surface area contributed by atoms with Gasteiger partial charge in [0.25, 0.3) is 0 Å². The van der Waals surface area contributed by atoms with Crippen LogP contribution in [0.25, 0.3) is 0 Å². The lowest BCUT2D eigenvalue weighted by Gasteiger charge is -2.43. The van der Waals surface area contributed by atoms with Crippen LogP contribution >= 0.6 is 10.8 Å². The molecule has 1 aliphatic heterocycles. The highest BCUT2D eigenvalue weighted by Crippen LogP contribution is 2.48. The third-order valence-corrected chi connectivity index (χ3v) is 3.75. The molecule has 6 nitrogen and oxygen atoms in total. The summed E-state index contributed by atoms with van der Waals surface area (Å²) < 4.78 is 19.6. The van der Waals surface area contributed by atoms with Crippen LogP contribution < -0.4 is 4.83 Å². The van der Waals surface area contributed by atoms with Crippen molar-refractivity contribution in [3.63, 3.8) is 0 Å².